The fourth-order valence-electron chi connectivity index (χ4n) is 3.77. The zero-order chi connectivity index (χ0) is 21.7. The van der Waals surface area contributed by atoms with Gasteiger partial charge in [0.15, 0.2) is 5.06 Å². The van der Waals surface area contributed by atoms with Crippen LogP contribution in [0.25, 0.3) is 0 Å². The van der Waals surface area contributed by atoms with Gasteiger partial charge in [0.25, 0.3) is 0 Å². The maximum Gasteiger partial charge on any atom is 0.250 e. The first-order chi connectivity index (χ1) is 15.0. The summed E-state index contributed by atoms with van der Waals surface area (Å²) in [5.41, 5.74) is 1.10. The quantitative estimate of drug-likeness (QED) is 0.553. The van der Waals surface area contributed by atoms with Gasteiger partial charge in [-0.25, -0.2) is 13.1 Å². The normalized spacial score (nSPS) is 17.4. The van der Waals surface area contributed by atoms with Crippen molar-refractivity contribution in [3.8, 4) is 10.8 Å². The van der Waals surface area contributed by atoms with Gasteiger partial charge in [0, 0.05) is 64.0 Å². The SMILES string of the molecule is O=C1CCCN1CCCNS(=O)(=O)c1ccc(Oc2cccc(N3CCNCC3)c2)s1. The third-order valence-electron chi connectivity index (χ3n) is 5.41. The van der Waals surface area contributed by atoms with Gasteiger partial charge in [-0.05, 0) is 37.1 Å². The van der Waals surface area contributed by atoms with Crippen LogP contribution in [-0.4, -0.2) is 65.0 Å². The average Bonchev–Trinajstić information content (AvgIpc) is 3.42. The van der Waals surface area contributed by atoms with Crippen LogP contribution in [0.2, 0.25) is 0 Å². The molecule has 2 aliphatic heterocycles. The molecule has 0 aliphatic carbocycles. The highest BCUT2D eigenvalue weighted by Crippen LogP contribution is 2.33. The second kappa shape index (κ2) is 9.99. The number of amides is 1. The van der Waals surface area contributed by atoms with Crippen molar-refractivity contribution in [1.82, 2.24) is 14.9 Å². The maximum absolute atomic E-state index is 12.6. The summed E-state index contributed by atoms with van der Waals surface area (Å²) in [6.45, 7) is 5.46. The summed E-state index contributed by atoms with van der Waals surface area (Å²) < 4.78 is 33.9. The number of rotatable bonds is 9. The van der Waals surface area contributed by atoms with Gasteiger partial charge in [-0.3, -0.25) is 4.79 Å². The second-order valence-electron chi connectivity index (χ2n) is 7.65. The van der Waals surface area contributed by atoms with E-state index in [1.165, 1.54) is 0 Å². The molecule has 0 atom stereocenters. The van der Waals surface area contributed by atoms with Crippen molar-refractivity contribution in [3.63, 3.8) is 0 Å². The first-order valence-electron chi connectivity index (χ1n) is 10.6. The number of thiophene rings is 1. The number of likely N-dealkylation sites (tertiary alicyclic amines) is 1. The van der Waals surface area contributed by atoms with Crippen molar-refractivity contribution >= 4 is 33.0 Å². The molecule has 31 heavy (non-hydrogen) atoms. The minimum atomic E-state index is -3.60. The Morgan fingerprint density at radius 2 is 1.97 bits per heavy atom. The number of ether oxygens (including phenoxy) is 1. The van der Waals surface area contributed by atoms with E-state index in [0.717, 1.165) is 56.2 Å². The Balaban J connectivity index is 1.31. The molecule has 0 saturated carbocycles. The summed E-state index contributed by atoms with van der Waals surface area (Å²) in [5.74, 6) is 0.842. The molecule has 3 heterocycles. The van der Waals surface area contributed by atoms with Gasteiger partial charge >= 0.3 is 0 Å². The number of carbonyl (C=O) groups excluding carboxylic acids is 1. The van der Waals surface area contributed by atoms with Crippen molar-refractivity contribution in [1.29, 1.82) is 0 Å². The van der Waals surface area contributed by atoms with E-state index in [2.05, 4.69) is 21.0 Å². The van der Waals surface area contributed by atoms with Crippen LogP contribution >= 0.6 is 11.3 Å². The molecule has 1 aromatic carbocycles. The molecule has 2 fully saturated rings. The summed E-state index contributed by atoms with van der Waals surface area (Å²) in [6, 6.07) is 11.1. The number of carbonyl (C=O) groups is 1. The summed E-state index contributed by atoms with van der Waals surface area (Å²) in [7, 11) is -3.60. The average molecular weight is 465 g/mol. The number of benzene rings is 1. The van der Waals surface area contributed by atoms with E-state index in [9.17, 15) is 13.2 Å². The largest absolute Gasteiger partial charge is 0.447 e. The third kappa shape index (κ3) is 5.76. The van der Waals surface area contributed by atoms with Crippen LogP contribution < -0.4 is 19.7 Å². The predicted octanol–water partition coefficient (Wildman–Crippen LogP) is 2.24. The summed E-state index contributed by atoms with van der Waals surface area (Å²) in [4.78, 5) is 15.7. The van der Waals surface area contributed by atoms with Crippen molar-refractivity contribution in [2.75, 3.05) is 50.7 Å². The second-order valence-corrected chi connectivity index (χ2v) is 10.7. The smallest absolute Gasteiger partial charge is 0.250 e. The van der Waals surface area contributed by atoms with Crippen molar-refractivity contribution in [2.24, 2.45) is 0 Å². The number of hydrogen-bond acceptors (Lipinski definition) is 7. The highest BCUT2D eigenvalue weighted by atomic mass is 32.2. The standard InChI is InChI=1S/C21H28N4O4S2/c26-19-6-2-12-25(19)13-3-9-23-31(27,28)21-8-7-20(30-21)29-18-5-1-4-17(16-18)24-14-10-22-11-15-24/h1,4-5,7-8,16,22-23H,2-3,6,9-15H2. The Morgan fingerprint density at radius 1 is 1.13 bits per heavy atom. The molecular formula is C21H28N4O4S2. The predicted molar refractivity (Wildman–Crippen MR) is 122 cm³/mol. The third-order valence-corrected chi connectivity index (χ3v) is 8.32. The molecule has 8 nitrogen and oxygen atoms in total. The molecule has 2 saturated heterocycles. The highest BCUT2D eigenvalue weighted by molar-refractivity contribution is 7.91. The maximum atomic E-state index is 12.6. The van der Waals surface area contributed by atoms with E-state index >= 15 is 0 Å². The van der Waals surface area contributed by atoms with Gasteiger partial charge < -0.3 is 19.9 Å². The van der Waals surface area contributed by atoms with Crippen molar-refractivity contribution < 1.29 is 17.9 Å². The first-order valence-corrected chi connectivity index (χ1v) is 12.9. The minimum absolute atomic E-state index is 0.156. The molecule has 1 amide bonds. The zero-order valence-electron chi connectivity index (χ0n) is 17.4. The topological polar surface area (TPSA) is 91.0 Å². The van der Waals surface area contributed by atoms with Gasteiger partial charge in [-0.15, -0.1) is 0 Å². The van der Waals surface area contributed by atoms with Crippen LogP contribution in [0.15, 0.2) is 40.6 Å². The van der Waals surface area contributed by atoms with Crippen LogP contribution in [0, 0.1) is 0 Å². The van der Waals surface area contributed by atoms with Gasteiger partial charge in [0.05, 0.1) is 0 Å². The van der Waals surface area contributed by atoms with E-state index in [1.54, 1.807) is 17.0 Å². The van der Waals surface area contributed by atoms with Gasteiger partial charge in [-0.2, -0.15) is 0 Å². The Kier molecular flexibility index (Phi) is 7.11. The van der Waals surface area contributed by atoms with E-state index in [1.807, 2.05) is 18.2 Å². The van der Waals surface area contributed by atoms with Gasteiger partial charge in [-0.1, -0.05) is 17.4 Å². The minimum Gasteiger partial charge on any atom is -0.447 e. The molecule has 2 aromatic rings. The van der Waals surface area contributed by atoms with Crippen molar-refractivity contribution in [2.45, 2.75) is 23.5 Å². The van der Waals surface area contributed by atoms with Crippen LogP contribution in [0.3, 0.4) is 0 Å². The van der Waals surface area contributed by atoms with Crippen LogP contribution in [0.1, 0.15) is 19.3 Å². The number of anilines is 1. The fourth-order valence-corrected chi connectivity index (χ4v) is 6.05. The molecule has 0 bridgehead atoms. The Hall–Kier alpha value is -2.14. The summed E-state index contributed by atoms with van der Waals surface area (Å²) in [6.07, 6.45) is 2.08. The molecular weight excluding hydrogens is 436 g/mol. The number of sulfonamides is 1. The van der Waals surface area contributed by atoms with Crippen molar-refractivity contribution in [3.05, 3.63) is 36.4 Å². The van der Waals surface area contributed by atoms with Gasteiger partial charge in [0.1, 0.15) is 9.96 Å². The molecule has 2 N–H and O–H groups in total. The number of nitrogens with one attached hydrogen (secondary N) is 2. The number of nitrogens with zero attached hydrogens (tertiary/aromatic N) is 2. The lowest BCUT2D eigenvalue weighted by atomic mass is 10.2. The van der Waals surface area contributed by atoms with Crippen LogP contribution in [0.4, 0.5) is 5.69 Å². The molecule has 4 rings (SSSR count). The lowest BCUT2D eigenvalue weighted by Crippen LogP contribution is -2.43. The molecule has 1 aromatic heterocycles. The van der Waals surface area contributed by atoms with Crippen LogP contribution in [-0.2, 0) is 14.8 Å². The molecule has 0 unspecified atom stereocenters. The Labute approximate surface area is 187 Å². The summed E-state index contributed by atoms with van der Waals surface area (Å²) >= 11 is 1.10. The Morgan fingerprint density at radius 3 is 2.74 bits per heavy atom. The van der Waals surface area contributed by atoms with E-state index in [4.69, 9.17) is 4.74 Å². The lowest BCUT2D eigenvalue weighted by Gasteiger charge is -2.29. The van der Waals surface area contributed by atoms with Gasteiger partial charge in [0.2, 0.25) is 15.9 Å². The van der Waals surface area contributed by atoms with E-state index in [0.29, 0.717) is 36.7 Å². The van der Waals surface area contributed by atoms with Crippen LogP contribution in [0.5, 0.6) is 10.8 Å². The molecule has 10 heteroatoms. The Bertz CT molecular complexity index is 1000. The highest BCUT2D eigenvalue weighted by Gasteiger charge is 2.21. The molecule has 0 spiro atoms. The monoisotopic (exact) mass is 464 g/mol. The molecule has 0 radical (unpaired) electrons. The fraction of sp³-hybridized carbons (Fsp3) is 0.476. The molecule has 2 aliphatic rings. The summed E-state index contributed by atoms with van der Waals surface area (Å²) in [5, 5.41) is 3.87. The molecule has 168 valence electrons. The van der Waals surface area contributed by atoms with E-state index in [-0.39, 0.29) is 10.1 Å². The first kappa shape index (κ1) is 22.1. The number of piperazine rings is 1. The number of hydrogen-bond donors (Lipinski definition) is 2. The zero-order valence-corrected chi connectivity index (χ0v) is 19.0. The lowest BCUT2D eigenvalue weighted by molar-refractivity contribution is -0.127. The van der Waals surface area contributed by atoms with E-state index < -0.39 is 10.0 Å².